The van der Waals surface area contributed by atoms with Crippen molar-refractivity contribution in [1.82, 2.24) is 14.1 Å². The van der Waals surface area contributed by atoms with Crippen molar-refractivity contribution in [3.05, 3.63) is 93.8 Å². The summed E-state index contributed by atoms with van der Waals surface area (Å²) < 4.78 is 9.40. The number of pyridine rings is 1. The highest BCUT2D eigenvalue weighted by molar-refractivity contribution is 5.55. The van der Waals surface area contributed by atoms with Gasteiger partial charge in [0, 0.05) is 37.2 Å². The second-order valence-electron chi connectivity index (χ2n) is 7.01. The average Bonchev–Trinajstić information content (AvgIpc) is 3.23. The largest absolute Gasteiger partial charge is 0.440 e. The van der Waals surface area contributed by atoms with Gasteiger partial charge >= 0.3 is 0 Å². The van der Waals surface area contributed by atoms with Crippen LogP contribution in [0.5, 0.6) is 5.75 Å². The van der Waals surface area contributed by atoms with Gasteiger partial charge in [0.1, 0.15) is 17.4 Å². The van der Waals surface area contributed by atoms with Crippen LogP contribution in [-0.2, 0) is 13.1 Å². The van der Waals surface area contributed by atoms with Crippen LogP contribution in [0.15, 0.2) is 71.4 Å². The number of allylic oxidation sites excluding steroid dienone is 1. The predicted molar refractivity (Wildman–Crippen MR) is 108 cm³/mol. The van der Waals surface area contributed by atoms with Crippen LogP contribution >= 0.6 is 0 Å². The van der Waals surface area contributed by atoms with Crippen molar-refractivity contribution in [2.24, 2.45) is 5.73 Å². The van der Waals surface area contributed by atoms with E-state index in [1.807, 2.05) is 54.1 Å². The Balaban J connectivity index is 1.77. The molecule has 0 spiro atoms. The van der Waals surface area contributed by atoms with Crippen molar-refractivity contribution in [3.8, 4) is 11.8 Å². The minimum atomic E-state index is -0.544. The molecule has 29 heavy (non-hydrogen) atoms. The Kier molecular flexibility index (Phi) is 4.92. The zero-order valence-corrected chi connectivity index (χ0v) is 16.1. The van der Waals surface area contributed by atoms with Crippen molar-refractivity contribution < 1.29 is 4.74 Å². The van der Waals surface area contributed by atoms with Gasteiger partial charge in [-0.25, -0.2) is 4.98 Å². The highest BCUT2D eigenvalue weighted by atomic mass is 16.5. The van der Waals surface area contributed by atoms with Gasteiger partial charge in [-0.15, -0.1) is 0 Å². The van der Waals surface area contributed by atoms with E-state index in [9.17, 15) is 10.1 Å². The quantitative estimate of drug-likeness (QED) is 0.726. The van der Waals surface area contributed by atoms with E-state index in [-0.39, 0.29) is 17.0 Å². The normalized spacial score (nSPS) is 15.5. The van der Waals surface area contributed by atoms with Crippen LogP contribution < -0.4 is 16.0 Å². The Morgan fingerprint density at radius 1 is 1.28 bits per heavy atom. The number of hydrogen-bond donors (Lipinski definition) is 1. The lowest BCUT2D eigenvalue weighted by atomic mass is 9.84. The van der Waals surface area contributed by atoms with Crippen molar-refractivity contribution >= 4 is 0 Å². The Bertz CT molecular complexity index is 1150. The minimum absolute atomic E-state index is 0.0468. The Hall–Kier alpha value is -3.79. The van der Waals surface area contributed by atoms with Crippen LogP contribution in [0.25, 0.3) is 0 Å². The zero-order chi connectivity index (χ0) is 20.4. The summed E-state index contributed by atoms with van der Waals surface area (Å²) in [5.74, 6) is -0.0767. The minimum Gasteiger partial charge on any atom is -0.440 e. The van der Waals surface area contributed by atoms with Gasteiger partial charge < -0.3 is 19.6 Å². The number of rotatable bonds is 5. The lowest BCUT2D eigenvalue weighted by molar-refractivity contribution is 0.387. The summed E-state index contributed by atoms with van der Waals surface area (Å²) in [6, 6.07) is 13.4. The molecule has 1 aromatic carbocycles. The van der Waals surface area contributed by atoms with Crippen molar-refractivity contribution in [3.63, 3.8) is 0 Å². The summed E-state index contributed by atoms with van der Waals surface area (Å²) in [6.45, 7) is 3.19. The SMILES string of the molecule is Cc1cc2c(c(=O)n1CCCn1ccnc1)[C@@H](c1ccccc1)C(C#N)=C(N)O2. The number of nitriles is 1. The predicted octanol–water partition coefficient (Wildman–Crippen LogP) is 2.66. The van der Waals surface area contributed by atoms with E-state index >= 15 is 0 Å². The summed E-state index contributed by atoms with van der Waals surface area (Å²) >= 11 is 0. The average molecular weight is 387 g/mol. The number of imidazole rings is 1. The number of nitrogens with two attached hydrogens (primary N) is 1. The molecular formula is C22H21N5O2. The third-order valence-electron chi connectivity index (χ3n) is 5.18. The summed E-state index contributed by atoms with van der Waals surface area (Å²) in [5, 5.41) is 9.70. The van der Waals surface area contributed by atoms with Crippen molar-refractivity contribution in [2.45, 2.75) is 32.4 Å². The number of aromatic nitrogens is 3. The molecule has 1 aliphatic rings. The first-order valence-electron chi connectivity index (χ1n) is 9.42. The Morgan fingerprint density at radius 2 is 2.07 bits per heavy atom. The topological polar surface area (TPSA) is 98.9 Å². The maximum Gasteiger partial charge on any atom is 0.258 e. The highest BCUT2D eigenvalue weighted by Crippen LogP contribution is 2.40. The van der Waals surface area contributed by atoms with E-state index in [1.54, 1.807) is 17.1 Å². The molecule has 146 valence electrons. The first-order valence-corrected chi connectivity index (χ1v) is 9.42. The van der Waals surface area contributed by atoms with Crippen LogP contribution in [-0.4, -0.2) is 14.1 Å². The molecule has 1 aliphatic heterocycles. The molecule has 0 saturated carbocycles. The van der Waals surface area contributed by atoms with Crippen molar-refractivity contribution in [1.29, 1.82) is 5.26 Å². The van der Waals surface area contributed by atoms with Crippen LogP contribution in [0.1, 0.15) is 29.2 Å². The van der Waals surface area contributed by atoms with Gasteiger partial charge in [0.15, 0.2) is 0 Å². The van der Waals surface area contributed by atoms with Crippen molar-refractivity contribution in [2.75, 3.05) is 0 Å². The van der Waals surface area contributed by atoms with E-state index in [1.165, 1.54) is 0 Å². The Labute approximate surface area is 168 Å². The summed E-state index contributed by atoms with van der Waals surface area (Å²) in [5.41, 5.74) is 8.21. The lowest BCUT2D eigenvalue weighted by Gasteiger charge is -2.27. The molecule has 7 heteroatoms. The van der Waals surface area contributed by atoms with E-state index in [0.29, 0.717) is 17.9 Å². The number of aryl methyl sites for hydroxylation is 2. The van der Waals surface area contributed by atoms with Gasteiger partial charge in [0.25, 0.3) is 5.56 Å². The standard InChI is InChI=1S/C22H21N5O2/c1-15-12-18-20(22(28)27(15)10-5-9-26-11-8-25-14-26)19(16-6-3-2-4-7-16)17(13-23)21(24)29-18/h2-4,6-8,11-12,14,19H,5,9-10,24H2,1H3/t19-/m0/s1. The first kappa shape index (κ1) is 18.6. The fraction of sp³-hybridized carbons (Fsp3) is 0.227. The number of fused-ring (bicyclic) bond motifs is 1. The highest BCUT2D eigenvalue weighted by Gasteiger charge is 2.34. The molecule has 0 aliphatic carbocycles. The number of nitrogens with zero attached hydrogens (tertiary/aromatic N) is 4. The van der Waals surface area contributed by atoms with E-state index in [2.05, 4.69) is 11.1 Å². The monoisotopic (exact) mass is 387 g/mol. The lowest BCUT2D eigenvalue weighted by Crippen LogP contribution is -2.33. The molecule has 0 bridgehead atoms. The molecule has 0 saturated heterocycles. The van der Waals surface area contributed by atoms with Gasteiger partial charge in [-0.1, -0.05) is 30.3 Å². The van der Waals surface area contributed by atoms with Crippen LogP contribution in [0, 0.1) is 18.3 Å². The second-order valence-corrected chi connectivity index (χ2v) is 7.01. The fourth-order valence-corrected chi connectivity index (χ4v) is 3.77. The van der Waals surface area contributed by atoms with Gasteiger partial charge in [0.2, 0.25) is 5.88 Å². The number of ether oxygens (including phenoxy) is 1. The van der Waals surface area contributed by atoms with Gasteiger partial charge in [0.05, 0.1) is 17.8 Å². The second kappa shape index (κ2) is 7.68. The third kappa shape index (κ3) is 3.41. The fourth-order valence-electron chi connectivity index (χ4n) is 3.77. The summed E-state index contributed by atoms with van der Waals surface area (Å²) in [4.78, 5) is 17.5. The molecule has 2 aromatic heterocycles. The van der Waals surface area contributed by atoms with Gasteiger partial charge in [-0.2, -0.15) is 5.26 Å². The number of benzene rings is 1. The molecule has 0 radical (unpaired) electrons. The molecule has 1 atom stereocenters. The van der Waals surface area contributed by atoms with E-state index in [0.717, 1.165) is 24.2 Å². The summed E-state index contributed by atoms with van der Waals surface area (Å²) in [6.07, 6.45) is 6.16. The Morgan fingerprint density at radius 3 is 2.76 bits per heavy atom. The first-order chi connectivity index (χ1) is 14.1. The van der Waals surface area contributed by atoms with Crippen LogP contribution in [0.2, 0.25) is 0 Å². The molecule has 3 heterocycles. The smallest absolute Gasteiger partial charge is 0.258 e. The molecule has 3 aromatic rings. The molecular weight excluding hydrogens is 366 g/mol. The van der Waals surface area contributed by atoms with Gasteiger partial charge in [-0.3, -0.25) is 4.79 Å². The van der Waals surface area contributed by atoms with Crippen LogP contribution in [0.4, 0.5) is 0 Å². The molecule has 0 fully saturated rings. The maximum absolute atomic E-state index is 13.5. The molecule has 2 N–H and O–H groups in total. The maximum atomic E-state index is 13.5. The zero-order valence-electron chi connectivity index (χ0n) is 16.1. The third-order valence-corrected chi connectivity index (χ3v) is 5.18. The molecule has 7 nitrogen and oxygen atoms in total. The molecule has 0 amide bonds. The van der Waals surface area contributed by atoms with Crippen LogP contribution in [0.3, 0.4) is 0 Å². The van der Waals surface area contributed by atoms with Gasteiger partial charge in [-0.05, 0) is 18.9 Å². The van der Waals surface area contributed by atoms with E-state index in [4.69, 9.17) is 10.5 Å². The summed E-state index contributed by atoms with van der Waals surface area (Å²) in [7, 11) is 0. The molecule has 0 unspecified atom stereocenters. The van der Waals surface area contributed by atoms with E-state index < -0.39 is 5.92 Å². The number of hydrogen-bond acceptors (Lipinski definition) is 5. The molecule has 4 rings (SSSR count).